The Balaban J connectivity index is 0.00000484. The van der Waals surface area contributed by atoms with Gasteiger partial charge in [-0.25, -0.2) is 13.1 Å². The van der Waals surface area contributed by atoms with E-state index in [9.17, 15) is 8.42 Å². The van der Waals surface area contributed by atoms with E-state index in [1.165, 1.54) is 0 Å². The van der Waals surface area contributed by atoms with Gasteiger partial charge in [-0.05, 0) is 20.3 Å². The van der Waals surface area contributed by atoms with Crippen molar-refractivity contribution in [2.75, 3.05) is 33.0 Å². The zero-order chi connectivity index (χ0) is 17.0. The second-order valence-corrected chi connectivity index (χ2v) is 8.32. The van der Waals surface area contributed by atoms with Gasteiger partial charge in [-0.1, -0.05) is 13.8 Å². The molecule has 1 aliphatic rings. The molecule has 0 heterocycles. The third-order valence-electron chi connectivity index (χ3n) is 4.68. The Morgan fingerprint density at radius 1 is 1.35 bits per heavy atom. The van der Waals surface area contributed by atoms with Gasteiger partial charge >= 0.3 is 0 Å². The molecule has 9 heteroatoms. The molecule has 0 aromatic rings. The number of methoxy groups -OCH3 is 1. The minimum atomic E-state index is -3.16. The van der Waals surface area contributed by atoms with Crippen LogP contribution in [-0.2, 0) is 14.8 Å². The summed E-state index contributed by atoms with van der Waals surface area (Å²) in [6, 6.07) is 0.262. The molecule has 2 atom stereocenters. The molecular weight excluding hydrogens is 431 g/mol. The highest BCUT2D eigenvalue weighted by atomic mass is 127. The lowest BCUT2D eigenvalue weighted by Crippen LogP contribution is -2.69. The van der Waals surface area contributed by atoms with Crippen LogP contribution in [0.1, 0.15) is 34.1 Å². The maximum absolute atomic E-state index is 11.0. The van der Waals surface area contributed by atoms with Crippen LogP contribution < -0.4 is 15.4 Å². The fourth-order valence-electron chi connectivity index (χ4n) is 2.61. The van der Waals surface area contributed by atoms with E-state index in [2.05, 4.69) is 41.1 Å². The van der Waals surface area contributed by atoms with E-state index in [1.54, 1.807) is 7.11 Å². The molecule has 0 aromatic heterocycles. The summed E-state index contributed by atoms with van der Waals surface area (Å²) in [7, 11) is -1.42. The number of guanidine groups is 1. The second kappa shape index (κ2) is 8.82. The Bertz CT molecular complexity index is 510. The van der Waals surface area contributed by atoms with Crippen LogP contribution in [0.4, 0.5) is 0 Å². The number of nitrogens with one attached hydrogen (secondary N) is 3. The summed E-state index contributed by atoms with van der Waals surface area (Å²) < 4.78 is 30.1. The van der Waals surface area contributed by atoms with Gasteiger partial charge in [-0.15, -0.1) is 24.0 Å². The molecule has 3 N–H and O–H groups in total. The summed E-state index contributed by atoms with van der Waals surface area (Å²) >= 11 is 0. The Morgan fingerprint density at radius 2 is 1.96 bits per heavy atom. The highest BCUT2D eigenvalue weighted by Crippen LogP contribution is 2.51. The van der Waals surface area contributed by atoms with Gasteiger partial charge in [0.05, 0.1) is 18.4 Å². The molecule has 23 heavy (non-hydrogen) atoms. The smallest absolute Gasteiger partial charge is 0.208 e. The summed E-state index contributed by atoms with van der Waals surface area (Å²) in [6.07, 6.45) is 2.05. The quantitative estimate of drug-likeness (QED) is 0.227. The van der Waals surface area contributed by atoms with Crippen molar-refractivity contribution in [3.05, 3.63) is 0 Å². The summed E-state index contributed by atoms with van der Waals surface area (Å²) in [6.45, 7) is 9.89. The average Bonchev–Trinajstić information content (AvgIpc) is 2.41. The van der Waals surface area contributed by atoms with Crippen molar-refractivity contribution in [1.82, 2.24) is 15.4 Å². The number of rotatable bonds is 7. The van der Waals surface area contributed by atoms with E-state index < -0.39 is 10.0 Å². The van der Waals surface area contributed by atoms with Gasteiger partial charge in [0, 0.05) is 31.7 Å². The lowest BCUT2D eigenvalue weighted by Gasteiger charge is -2.59. The van der Waals surface area contributed by atoms with E-state index in [0.29, 0.717) is 19.0 Å². The molecule has 0 spiro atoms. The van der Waals surface area contributed by atoms with E-state index in [4.69, 9.17) is 4.74 Å². The van der Waals surface area contributed by atoms with E-state index in [-0.39, 0.29) is 41.0 Å². The number of halogens is 1. The SMILES string of the molecule is CCNC(=NCCNS(C)(=O)=O)NC1CC(C)(OC)C1(C)C.I. The maximum atomic E-state index is 11.0. The molecule has 1 aliphatic carbocycles. The largest absolute Gasteiger partial charge is 0.378 e. The Morgan fingerprint density at radius 3 is 2.39 bits per heavy atom. The molecule has 138 valence electrons. The fraction of sp³-hybridized carbons (Fsp3) is 0.929. The zero-order valence-electron chi connectivity index (χ0n) is 14.9. The van der Waals surface area contributed by atoms with Crippen molar-refractivity contribution in [2.24, 2.45) is 10.4 Å². The van der Waals surface area contributed by atoms with Crippen molar-refractivity contribution in [2.45, 2.75) is 45.8 Å². The average molecular weight is 462 g/mol. The van der Waals surface area contributed by atoms with Crippen LogP contribution in [0.3, 0.4) is 0 Å². The highest BCUT2D eigenvalue weighted by molar-refractivity contribution is 14.0. The van der Waals surface area contributed by atoms with Crippen LogP contribution in [0.5, 0.6) is 0 Å². The van der Waals surface area contributed by atoms with Crippen molar-refractivity contribution in [3.8, 4) is 0 Å². The molecule has 0 bridgehead atoms. The van der Waals surface area contributed by atoms with E-state index in [1.807, 2.05) is 6.92 Å². The first-order valence-corrected chi connectivity index (χ1v) is 9.49. The predicted molar refractivity (Wildman–Crippen MR) is 105 cm³/mol. The molecular formula is C14H31IN4O3S. The van der Waals surface area contributed by atoms with Crippen LogP contribution in [0.25, 0.3) is 0 Å². The van der Waals surface area contributed by atoms with Gasteiger partial charge < -0.3 is 15.4 Å². The Kier molecular flexibility index (Phi) is 8.77. The maximum Gasteiger partial charge on any atom is 0.208 e. The third kappa shape index (κ3) is 6.02. The van der Waals surface area contributed by atoms with Crippen molar-refractivity contribution in [3.63, 3.8) is 0 Å². The highest BCUT2D eigenvalue weighted by Gasteiger charge is 2.58. The van der Waals surface area contributed by atoms with Crippen molar-refractivity contribution < 1.29 is 13.2 Å². The van der Waals surface area contributed by atoms with Crippen molar-refractivity contribution in [1.29, 1.82) is 0 Å². The van der Waals surface area contributed by atoms with Crippen LogP contribution >= 0.6 is 24.0 Å². The lowest BCUT2D eigenvalue weighted by molar-refractivity contribution is -0.176. The normalized spacial score (nSPS) is 26.9. The molecule has 0 saturated heterocycles. The molecule has 0 aliphatic heterocycles. The van der Waals surface area contributed by atoms with Crippen molar-refractivity contribution >= 4 is 40.0 Å². The first-order valence-electron chi connectivity index (χ1n) is 7.60. The third-order valence-corrected chi connectivity index (χ3v) is 5.41. The van der Waals surface area contributed by atoms with Crippen LogP contribution in [0.15, 0.2) is 4.99 Å². The molecule has 0 radical (unpaired) electrons. The zero-order valence-corrected chi connectivity index (χ0v) is 18.0. The van der Waals surface area contributed by atoms with Gasteiger partial charge in [0.15, 0.2) is 5.96 Å². The van der Waals surface area contributed by atoms with E-state index in [0.717, 1.165) is 19.2 Å². The second-order valence-electron chi connectivity index (χ2n) is 6.48. The fourth-order valence-corrected chi connectivity index (χ4v) is 3.07. The summed E-state index contributed by atoms with van der Waals surface area (Å²) in [5.74, 6) is 0.703. The van der Waals surface area contributed by atoms with Crippen LogP contribution in [0.2, 0.25) is 0 Å². The molecule has 1 rings (SSSR count). The summed E-state index contributed by atoms with van der Waals surface area (Å²) in [5, 5.41) is 6.60. The monoisotopic (exact) mass is 462 g/mol. The molecule has 7 nitrogen and oxygen atoms in total. The molecule has 1 saturated carbocycles. The Labute approximate surface area is 157 Å². The summed E-state index contributed by atoms with van der Waals surface area (Å²) in [4.78, 5) is 4.40. The van der Waals surface area contributed by atoms with Crippen LogP contribution in [-0.4, -0.2) is 59.0 Å². The Hall–Kier alpha value is -0.130. The summed E-state index contributed by atoms with van der Waals surface area (Å²) in [5.41, 5.74) is -0.150. The standard InChI is InChI=1S/C14H30N4O3S.HI/c1-7-15-12(16-8-9-17-22(6,19)20)18-11-10-14(4,21-5)13(11,2)3;/h11,17H,7-10H2,1-6H3,(H2,15,16,18);1H. The number of ether oxygens (including phenoxy) is 1. The van der Waals surface area contributed by atoms with Gasteiger partial charge in [-0.3, -0.25) is 4.99 Å². The van der Waals surface area contributed by atoms with Gasteiger partial charge in [0.25, 0.3) is 0 Å². The first kappa shape index (κ1) is 22.9. The number of aliphatic imine (C=N–C) groups is 1. The van der Waals surface area contributed by atoms with Gasteiger partial charge in [0.1, 0.15) is 0 Å². The topological polar surface area (TPSA) is 91.8 Å². The first-order chi connectivity index (χ1) is 10.1. The minimum absolute atomic E-state index is 0. The van der Waals surface area contributed by atoms with E-state index >= 15 is 0 Å². The molecule has 0 aromatic carbocycles. The molecule has 2 unspecified atom stereocenters. The predicted octanol–water partition coefficient (Wildman–Crippen LogP) is 0.912. The number of nitrogens with zero attached hydrogens (tertiary/aromatic N) is 1. The number of sulfonamides is 1. The number of hydrogen-bond acceptors (Lipinski definition) is 4. The lowest BCUT2D eigenvalue weighted by atomic mass is 9.56. The molecule has 1 fully saturated rings. The van der Waals surface area contributed by atoms with Gasteiger partial charge in [-0.2, -0.15) is 0 Å². The van der Waals surface area contributed by atoms with Gasteiger partial charge in [0.2, 0.25) is 10.0 Å². The van der Waals surface area contributed by atoms with Crippen LogP contribution in [0, 0.1) is 5.41 Å². The molecule has 0 amide bonds. The minimum Gasteiger partial charge on any atom is -0.378 e. The number of hydrogen-bond donors (Lipinski definition) is 3.